The largest absolute Gasteiger partial charge is 0.507 e. The van der Waals surface area contributed by atoms with Gasteiger partial charge in [-0.3, -0.25) is 4.79 Å². The Kier molecular flexibility index (Phi) is 4.76. The monoisotopic (exact) mass is 377 g/mol. The Bertz CT molecular complexity index is 1120. The Morgan fingerprint density at radius 2 is 1.96 bits per heavy atom. The second-order valence-corrected chi connectivity index (χ2v) is 6.68. The SMILES string of the molecule is O=C(CSc1nc2ccccc2o1)N/N=C\c1c(O)ccc2ccccc12. The molecule has 6 nitrogen and oxygen atoms in total. The van der Waals surface area contributed by atoms with E-state index < -0.39 is 0 Å². The number of hydrogen-bond donors (Lipinski definition) is 2. The van der Waals surface area contributed by atoms with Crippen molar-refractivity contribution < 1.29 is 14.3 Å². The lowest BCUT2D eigenvalue weighted by Gasteiger charge is -2.04. The summed E-state index contributed by atoms with van der Waals surface area (Å²) < 4.78 is 5.56. The molecule has 4 rings (SSSR count). The summed E-state index contributed by atoms with van der Waals surface area (Å²) >= 11 is 1.19. The van der Waals surface area contributed by atoms with Crippen LogP contribution in [0.5, 0.6) is 5.75 Å². The Morgan fingerprint density at radius 1 is 1.15 bits per heavy atom. The maximum absolute atomic E-state index is 12.0. The molecule has 0 aliphatic heterocycles. The van der Waals surface area contributed by atoms with Gasteiger partial charge in [-0.15, -0.1) is 0 Å². The number of phenols is 1. The van der Waals surface area contributed by atoms with Crippen molar-refractivity contribution in [1.29, 1.82) is 0 Å². The predicted molar refractivity (Wildman–Crippen MR) is 106 cm³/mol. The minimum atomic E-state index is -0.293. The predicted octanol–water partition coefficient (Wildman–Crippen LogP) is 3.93. The van der Waals surface area contributed by atoms with Gasteiger partial charge in [-0.1, -0.05) is 54.2 Å². The van der Waals surface area contributed by atoms with Crippen molar-refractivity contribution in [2.75, 3.05) is 5.75 Å². The first-order chi connectivity index (χ1) is 13.2. The standard InChI is InChI=1S/C20H15N3O3S/c24-17-10-9-13-5-1-2-6-14(13)15(17)11-21-23-19(25)12-27-20-22-16-7-3-4-8-18(16)26-20/h1-11,24H,12H2,(H,23,25)/b21-11-. The first kappa shape index (κ1) is 17.1. The maximum Gasteiger partial charge on any atom is 0.257 e. The summed E-state index contributed by atoms with van der Waals surface area (Å²) in [6.07, 6.45) is 1.44. The van der Waals surface area contributed by atoms with E-state index in [-0.39, 0.29) is 17.4 Å². The summed E-state index contributed by atoms with van der Waals surface area (Å²) in [6.45, 7) is 0. The van der Waals surface area contributed by atoms with Crippen molar-refractivity contribution in [3.63, 3.8) is 0 Å². The molecule has 134 valence electrons. The lowest BCUT2D eigenvalue weighted by molar-refractivity contribution is -0.118. The van der Waals surface area contributed by atoms with E-state index in [1.54, 1.807) is 6.07 Å². The quantitative estimate of drug-likeness (QED) is 0.313. The minimum absolute atomic E-state index is 0.104. The topological polar surface area (TPSA) is 87.7 Å². The number of oxazole rings is 1. The van der Waals surface area contributed by atoms with Gasteiger partial charge in [0, 0.05) is 5.56 Å². The van der Waals surface area contributed by atoms with E-state index in [4.69, 9.17) is 4.42 Å². The van der Waals surface area contributed by atoms with Crippen LogP contribution in [0.2, 0.25) is 0 Å². The second-order valence-electron chi connectivity index (χ2n) is 5.75. The number of nitrogens with one attached hydrogen (secondary N) is 1. The molecule has 0 bridgehead atoms. The third-order valence-electron chi connectivity index (χ3n) is 3.93. The van der Waals surface area contributed by atoms with Crippen LogP contribution >= 0.6 is 11.8 Å². The van der Waals surface area contributed by atoms with Crippen LogP contribution in [0, 0.1) is 0 Å². The summed E-state index contributed by atoms with van der Waals surface area (Å²) in [4.78, 5) is 16.3. The molecular weight excluding hydrogens is 362 g/mol. The summed E-state index contributed by atoms with van der Waals surface area (Å²) in [5, 5.41) is 16.3. The van der Waals surface area contributed by atoms with E-state index in [1.807, 2.05) is 54.6 Å². The van der Waals surface area contributed by atoms with Gasteiger partial charge in [0.05, 0.1) is 12.0 Å². The number of aromatic hydroxyl groups is 1. The molecular formula is C20H15N3O3S. The van der Waals surface area contributed by atoms with Gasteiger partial charge in [0.25, 0.3) is 11.1 Å². The number of carbonyl (C=O) groups is 1. The molecule has 27 heavy (non-hydrogen) atoms. The van der Waals surface area contributed by atoms with Crippen molar-refractivity contribution in [2.24, 2.45) is 5.10 Å². The summed E-state index contributed by atoms with van der Waals surface area (Å²) in [6, 6.07) is 18.5. The molecule has 0 saturated heterocycles. The zero-order valence-electron chi connectivity index (χ0n) is 14.1. The number of benzene rings is 3. The van der Waals surface area contributed by atoms with Gasteiger partial charge in [-0.2, -0.15) is 5.10 Å². The van der Waals surface area contributed by atoms with E-state index in [0.29, 0.717) is 16.4 Å². The van der Waals surface area contributed by atoms with Gasteiger partial charge in [-0.05, 0) is 29.0 Å². The fourth-order valence-electron chi connectivity index (χ4n) is 2.66. The van der Waals surface area contributed by atoms with E-state index in [1.165, 1.54) is 18.0 Å². The van der Waals surface area contributed by atoms with Crippen molar-refractivity contribution >= 4 is 45.8 Å². The Hall–Kier alpha value is -3.32. The van der Waals surface area contributed by atoms with Crippen LogP contribution < -0.4 is 5.43 Å². The summed E-state index contributed by atoms with van der Waals surface area (Å²) in [5.41, 5.74) is 4.45. The highest BCUT2D eigenvalue weighted by Crippen LogP contribution is 2.25. The molecule has 1 heterocycles. The van der Waals surface area contributed by atoms with Crippen LogP contribution in [0.1, 0.15) is 5.56 Å². The average molecular weight is 377 g/mol. The van der Waals surface area contributed by atoms with Crippen molar-refractivity contribution in [3.05, 3.63) is 66.2 Å². The number of thioether (sulfide) groups is 1. The molecule has 0 aliphatic rings. The zero-order chi connectivity index (χ0) is 18.6. The van der Waals surface area contributed by atoms with E-state index >= 15 is 0 Å². The number of para-hydroxylation sites is 2. The molecule has 1 amide bonds. The van der Waals surface area contributed by atoms with Gasteiger partial charge >= 0.3 is 0 Å². The number of aromatic nitrogens is 1. The number of carbonyl (C=O) groups excluding carboxylic acids is 1. The smallest absolute Gasteiger partial charge is 0.257 e. The van der Waals surface area contributed by atoms with E-state index in [2.05, 4.69) is 15.5 Å². The van der Waals surface area contributed by atoms with Gasteiger partial charge in [0.2, 0.25) is 0 Å². The molecule has 0 unspecified atom stereocenters. The van der Waals surface area contributed by atoms with Crippen LogP contribution in [0.3, 0.4) is 0 Å². The van der Waals surface area contributed by atoms with Gasteiger partial charge in [-0.25, -0.2) is 10.4 Å². The van der Waals surface area contributed by atoms with Crippen LogP contribution in [-0.2, 0) is 4.79 Å². The minimum Gasteiger partial charge on any atom is -0.507 e. The number of hydrogen-bond acceptors (Lipinski definition) is 6. The number of phenolic OH excluding ortho intramolecular Hbond substituents is 1. The Morgan fingerprint density at radius 3 is 2.85 bits per heavy atom. The fraction of sp³-hybridized carbons (Fsp3) is 0.0500. The highest BCUT2D eigenvalue weighted by atomic mass is 32.2. The first-order valence-corrected chi connectivity index (χ1v) is 9.20. The fourth-order valence-corrected chi connectivity index (χ4v) is 3.29. The molecule has 0 saturated carbocycles. The number of amides is 1. The third-order valence-corrected chi connectivity index (χ3v) is 4.76. The molecule has 3 aromatic carbocycles. The molecule has 2 N–H and O–H groups in total. The van der Waals surface area contributed by atoms with Crippen molar-refractivity contribution in [2.45, 2.75) is 5.22 Å². The Balaban J connectivity index is 1.40. The lowest BCUT2D eigenvalue weighted by Crippen LogP contribution is -2.19. The zero-order valence-corrected chi connectivity index (χ0v) is 14.9. The van der Waals surface area contributed by atoms with E-state index in [9.17, 15) is 9.90 Å². The van der Waals surface area contributed by atoms with E-state index in [0.717, 1.165) is 16.3 Å². The van der Waals surface area contributed by atoms with Gasteiger partial charge < -0.3 is 9.52 Å². The number of rotatable bonds is 5. The third kappa shape index (κ3) is 3.78. The first-order valence-electron chi connectivity index (χ1n) is 8.22. The van der Waals surface area contributed by atoms with Crippen molar-refractivity contribution in [1.82, 2.24) is 10.4 Å². The van der Waals surface area contributed by atoms with Crippen LogP contribution in [-0.4, -0.2) is 28.0 Å². The molecule has 7 heteroatoms. The summed E-state index contributed by atoms with van der Waals surface area (Å²) in [7, 11) is 0. The highest BCUT2D eigenvalue weighted by molar-refractivity contribution is 7.99. The maximum atomic E-state index is 12.0. The van der Waals surface area contributed by atoms with Crippen LogP contribution in [0.15, 0.2) is 75.4 Å². The molecule has 0 fully saturated rings. The average Bonchev–Trinajstić information content (AvgIpc) is 3.11. The number of nitrogens with zero attached hydrogens (tertiary/aromatic N) is 2. The summed E-state index contributed by atoms with van der Waals surface area (Å²) in [5.74, 6) is -0.0723. The van der Waals surface area contributed by atoms with Crippen LogP contribution in [0.4, 0.5) is 0 Å². The molecule has 1 aromatic heterocycles. The molecule has 0 spiro atoms. The molecule has 0 aliphatic carbocycles. The molecule has 0 atom stereocenters. The van der Waals surface area contributed by atoms with Crippen molar-refractivity contribution in [3.8, 4) is 5.75 Å². The Labute approximate surface area is 158 Å². The van der Waals surface area contributed by atoms with Crippen LogP contribution in [0.25, 0.3) is 21.9 Å². The molecule has 0 radical (unpaired) electrons. The number of fused-ring (bicyclic) bond motifs is 2. The number of hydrazone groups is 1. The normalized spacial score (nSPS) is 11.4. The van der Waals surface area contributed by atoms with Gasteiger partial charge in [0.1, 0.15) is 11.3 Å². The molecule has 4 aromatic rings. The lowest BCUT2D eigenvalue weighted by atomic mass is 10.0. The highest BCUT2D eigenvalue weighted by Gasteiger charge is 2.09. The second kappa shape index (κ2) is 7.51. The van der Waals surface area contributed by atoms with Gasteiger partial charge in [0.15, 0.2) is 5.58 Å².